The maximum atomic E-state index is 5.83. The molecular formula is C13H15ClN2O. The lowest BCUT2D eigenvalue weighted by atomic mass is 10.2. The highest BCUT2D eigenvalue weighted by atomic mass is 35.5. The Bertz CT molecular complexity index is 478. The summed E-state index contributed by atoms with van der Waals surface area (Å²) in [4.78, 5) is 0. The fraction of sp³-hybridized carbons (Fsp3) is 0.231. The first-order chi connectivity index (χ1) is 8.19. The van der Waals surface area contributed by atoms with E-state index in [1.165, 1.54) is 0 Å². The van der Waals surface area contributed by atoms with Crippen molar-refractivity contribution in [3.05, 3.63) is 52.9 Å². The van der Waals surface area contributed by atoms with E-state index in [1.54, 1.807) is 0 Å². The first kappa shape index (κ1) is 12.0. The molecule has 0 aliphatic heterocycles. The second-order valence-electron chi connectivity index (χ2n) is 3.89. The molecule has 1 heterocycles. The van der Waals surface area contributed by atoms with E-state index in [4.69, 9.17) is 21.8 Å². The van der Waals surface area contributed by atoms with Gasteiger partial charge in [-0.05, 0) is 43.3 Å². The first-order valence-electron chi connectivity index (χ1n) is 5.47. The standard InChI is InChI=1S/C13H15ClN2O/c1-9-2-7-13(17-9)12(8-15)16-11-5-3-10(14)4-6-11/h2-7,12,16H,8,15H2,1H3. The molecule has 2 aromatic rings. The summed E-state index contributed by atoms with van der Waals surface area (Å²) >= 11 is 5.83. The van der Waals surface area contributed by atoms with Crippen LogP contribution in [0.25, 0.3) is 0 Å². The third kappa shape index (κ3) is 3.02. The predicted molar refractivity (Wildman–Crippen MR) is 70.3 cm³/mol. The maximum Gasteiger partial charge on any atom is 0.127 e. The van der Waals surface area contributed by atoms with Crippen molar-refractivity contribution in [2.75, 3.05) is 11.9 Å². The molecule has 0 aliphatic rings. The summed E-state index contributed by atoms with van der Waals surface area (Å²) in [6.45, 7) is 2.38. The number of nitrogens with two attached hydrogens (primary N) is 1. The fourth-order valence-corrected chi connectivity index (χ4v) is 1.76. The van der Waals surface area contributed by atoms with Crippen LogP contribution in [0.2, 0.25) is 5.02 Å². The third-order valence-electron chi connectivity index (χ3n) is 2.53. The van der Waals surface area contributed by atoms with Gasteiger partial charge in [-0.25, -0.2) is 0 Å². The second kappa shape index (κ2) is 5.25. The smallest absolute Gasteiger partial charge is 0.127 e. The molecule has 17 heavy (non-hydrogen) atoms. The summed E-state index contributed by atoms with van der Waals surface area (Å²) in [6.07, 6.45) is 0. The molecular weight excluding hydrogens is 236 g/mol. The van der Waals surface area contributed by atoms with Crippen molar-refractivity contribution < 1.29 is 4.42 Å². The summed E-state index contributed by atoms with van der Waals surface area (Å²) < 4.78 is 5.56. The van der Waals surface area contributed by atoms with Crippen molar-refractivity contribution in [2.24, 2.45) is 5.73 Å². The molecule has 2 rings (SSSR count). The Morgan fingerprint density at radius 2 is 1.94 bits per heavy atom. The summed E-state index contributed by atoms with van der Waals surface area (Å²) in [5.74, 6) is 1.73. The van der Waals surface area contributed by atoms with Gasteiger partial charge in [0.25, 0.3) is 0 Å². The van der Waals surface area contributed by atoms with Gasteiger partial charge in [0.2, 0.25) is 0 Å². The van der Waals surface area contributed by atoms with E-state index in [0.717, 1.165) is 17.2 Å². The number of benzene rings is 1. The highest BCUT2D eigenvalue weighted by Gasteiger charge is 2.12. The van der Waals surface area contributed by atoms with E-state index in [9.17, 15) is 0 Å². The van der Waals surface area contributed by atoms with Crippen LogP contribution in [0.5, 0.6) is 0 Å². The van der Waals surface area contributed by atoms with Crippen LogP contribution in [0.1, 0.15) is 17.6 Å². The van der Waals surface area contributed by atoms with Crippen LogP contribution >= 0.6 is 11.6 Å². The highest BCUT2D eigenvalue weighted by Crippen LogP contribution is 2.21. The van der Waals surface area contributed by atoms with Crippen molar-refractivity contribution in [3.63, 3.8) is 0 Å². The van der Waals surface area contributed by atoms with Gasteiger partial charge in [-0.15, -0.1) is 0 Å². The van der Waals surface area contributed by atoms with Gasteiger partial charge in [-0.2, -0.15) is 0 Å². The zero-order chi connectivity index (χ0) is 12.3. The van der Waals surface area contributed by atoms with Crippen LogP contribution in [0.15, 0.2) is 40.8 Å². The molecule has 0 amide bonds. The maximum absolute atomic E-state index is 5.83. The topological polar surface area (TPSA) is 51.2 Å². The third-order valence-corrected chi connectivity index (χ3v) is 2.78. The minimum absolute atomic E-state index is 0.0233. The molecule has 1 aromatic carbocycles. The van der Waals surface area contributed by atoms with Gasteiger partial charge < -0.3 is 15.5 Å². The largest absolute Gasteiger partial charge is 0.464 e. The lowest BCUT2D eigenvalue weighted by Crippen LogP contribution is -2.19. The molecule has 1 aromatic heterocycles. The van der Waals surface area contributed by atoms with Gasteiger partial charge in [-0.1, -0.05) is 11.6 Å². The lowest BCUT2D eigenvalue weighted by Gasteiger charge is -2.15. The Kier molecular flexibility index (Phi) is 3.71. The zero-order valence-corrected chi connectivity index (χ0v) is 10.4. The molecule has 0 saturated heterocycles. The van der Waals surface area contributed by atoms with E-state index < -0.39 is 0 Å². The van der Waals surface area contributed by atoms with Crippen molar-refractivity contribution in [1.29, 1.82) is 0 Å². The van der Waals surface area contributed by atoms with E-state index in [1.807, 2.05) is 43.3 Å². The summed E-state index contributed by atoms with van der Waals surface area (Å²) in [5.41, 5.74) is 6.71. The quantitative estimate of drug-likeness (QED) is 0.875. The Hall–Kier alpha value is -1.45. The Morgan fingerprint density at radius 1 is 1.24 bits per heavy atom. The van der Waals surface area contributed by atoms with Gasteiger partial charge in [0, 0.05) is 17.3 Å². The molecule has 4 heteroatoms. The van der Waals surface area contributed by atoms with Crippen LogP contribution in [0, 0.1) is 6.92 Å². The molecule has 0 radical (unpaired) electrons. The number of furan rings is 1. The molecule has 0 spiro atoms. The van der Waals surface area contributed by atoms with Gasteiger partial charge in [0.1, 0.15) is 11.5 Å². The van der Waals surface area contributed by atoms with Gasteiger partial charge in [-0.3, -0.25) is 0 Å². The molecule has 0 saturated carbocycles. The number of anilines is 1. The number of aryl methyl sites for hydroxylation is 1. The van der Waals surface area contributed by atoms with Gasteiger partial charge in [0.15, 0.2) is 0 Å². The number of halogens is 1. The van der Waals surface area contributed by atoms with Crippen molar-refractivity contribution in [1.82, 2.24) is 0 Å². The monoisotopic (exact) mass is 250 g/mol. The average molecular weight is 251 g/mol. The second-order valence-corrected chi connectivity index (χ2v) is 4.32. The fourth-order valence-electron chi connectivity index (χ4n) is 1.63. The zero-order valence-electron chi connectivity index (χ0n) is 9.61. The van der Waals surface area contributed by atoms with Crippen molar-refractivity contribution in [3.8, 4) is 0 Å². The highest BCUT2D eigenvalue weighted by molar-refractivity contribution is 6.30. The van der Waals surface area contributed by atoms with Crippen LogP contribution in [-0.2, 0) is 0 Å². The molecule has 90 valence electrons. The van der Waals surface area contributed by atoms with Gasteiger partial charge in [0.05, 0.1) is 6.04 Å². The molecule has 3 nitrogen and oxygen atoms in total. The SMILES string of the molecule is Cc1ccc(C(CN)Nc2ccc(Cl)cc2)o1. The molecule has 0 bridgehead atoms. The van der Waals surface area contributed by atoms with Crippen molar-refractivity contribution in [2.45, 2.75) is 13.0 Å². The van der Waals surface area contributed by atoms with Crippen molar-refractivity contribution >= 4 is 17.3 Å². The minimum Gasteiger partial charge on any atom is -0.464 e. The number of nitrogens with one attached hydrogen (secondary N) is 1. The summed E-state index contributed by atoms with van der Waals surface area (Å²) in [5, 5.41) is 4.02. The number of rotatable bonds is 4. The Balaban J connectivity index is 2.12. The first-order valence-corrected chi connectivity index (χ1v) is 5.85. The lowest BCUT2D eigenvalue weighted by molar-refractivity contribution is 0.459. The van der Waals surface area contributed by atoms with Gasteiger partial charge >= 0.3 is 0 Å². The molecule has 0 aliphatic carbocycles. The van der Waals surface area contributed by atoms with Crippen LogP contribution in [-0.4, -0.2) is 6.54 Å². The van der Waals surface area contributed by atoms with E-state index in [0.29, 0.717) is 11.6 Å². The number of hydrogen-bond acceptors (Lipinski definition) is 3. The molecule has 0 fully saturated rings. The van der Waals surface area contributed by atoms with Crippen LogP contribution in [0.3, 0.4) is 0 Å². The predicted octanol–water partition coefficient (Wildman–Crippen LogP) is 3.35. The molecule has 3 N–H and O–H groups in total. The number of hydrogen-bond donors (Lipinski definition) is 2. The molecule has 1 atom stereocenters. The normalized spacial score (nSPS) is 12.4. The Morgan fingerprint density at radius 3 is 2.47 bits per heavy atom. The minimum atomic E-state index is -0.0233. The summed E-state index contributed by atoms with van der Waals surface area (Å²) in [7, 11) is 0. The van der Waals surface area contributed by atoms with E-state index in [2.05, 4.69) is 5.32 Å². The van der Waals surface area contributed by atoms with Crippen LogP contribution < -0.4 is 11.1 Å². The average Bonchev–Trinajstić information content (AvgIpc) is 2.75. The molecule has 1 unspecified atom stereocenters. The Labute approximate surface area is 106 Å². The van der Waals surface area contributed by atoms with E-state index in [-0.39, 0.29) is 6.04 Å². The summed E-state index contributed by atoms with van der Waals surface area (Å²) in [6, 6.07) is 11.4. The van der Waals surface area contributed by atoms with E-state index >= 15 is 0 Å². The van der Waals surface area contributed by atoms with Crippen LogP contribution in [0.4, 0.5) is 5.69 Å².